The van der Waals surface area contributed by atoms with E-state index in [4.69, 9.17) is 9.47 Å². The Kier molecular flexibility index (Phi) is 5.04. The van der Waals surface area contributed by atoms with Crippen molar-refractivity contribution in [1.29, 1.82) is 0 Å². The first-order valence-corrected chi connectivity index (χ1v) is 11.1. The summed E-state index contributed by atoms with van der Waals surface area (Å²) in [6.45, 7) is 7.71. The quantitative estimate of drug-likeness (QED) is 0.668. The van der Waals surface area contributed by atoms with Crippen molar-refractivity contribution in [3.05, 3.63) is 53.3 Å². The molecule has 3 aromatic rings. The molecular weight excluding hydrogens is 390 g/mol. The number of ether oxygens (including phenoxy) is 2. The first-order valence-electron chi connectivity index (χ1n) is 11.1. The Morgan fingerprint density at radius 3 is 2.42 bits per heavy atom. The summed E-state index contributed by atoms with van der Waals surface area (Å²) in [6.07, 6.45) is 4.22. The molecule has 0 saturated heterocycles. The first kappa shape index (κ1) is 19.8. The molecule has 2 aliphatic rings. The Hall–Kier alpha value is -3.09. The number of hydrogen-bond acceptors (Lipinski definition) is 6. The van der Waals surface area contributed by atoms with Crippen LogP contribution in [0.5, 0.6) is 11.5 Å². The maximum atomic E-state index is 5.79. The average Bonchev–Trinajstić information content (AvgIpc) is 3.25. The summed E-state index contributed by atoms with van der Waals surface area (Å²) in [5.74, 6) is 3.04. The van der Waals surface area contributed by atoms with Crippen molar-refractivity contribution >= 4 is 5.69 Å². The van der Waals surface area contributed by atoms with Gasteiger partial charge in [-0.25, -0.2) is 0 Å². The van der Waals surface area contributed by atoms with Crippen LogP contribution in [-0.4, -0.2) is 33.4 Å². The second-order valence-corrected chi connectivity index (χ2v) is 9.01. The zero-order valence-corrected chi connectivity index (χ0v) is 18.4. The van der Waals surface area contributed by atoms with Crippen LogP contribution in [0.4, 0.5) is 5.69 Å². The lowest BCUT2D eigenvalue weighted by atomic mass is 9.76. The van der Waals surface area contributed by atoms with Crippen LogP contribution < -0.4 is 14.8 Å². The number of aryl methyl sites for hydroxylation is 2. The largest absolute Gasteiger partial charge is 0.486 e. The van der Waals surface area contributed by atoms with Crippen LogP contribution in [0.25, 0.3) is 5.69 Å². The molecule has 31 heavy (non-hydrogen) atoms. The number of anilines is 1. The SMILES string of the molecule is Cc1cc(C)cc(NC2(c3nnnn3-c3ccc4c(c3)OCCO4)CCC(C)CC2)c1. The third kappa shape index (κ3) is 3.84. The van der Waals surface area contributed by atoms with Crippen molar-refractivity contribution in [1.82, 2.24) is 20.2 Å². The van der Waals surface area contributed by atoms with E-state index in [1.165, 1.54) is 11.1 Å². The van der Waals surface area contributed by atoms with Crippen LogP contribution in [-0.2, 0) is 5.54 Å². The third-order valence-corrected chi connectivity index (χ3v) is 6.40. The molecule has 1 aliphatic carbocycles. The van der Waals surface area contributed by atoms with E-state index in [9.17, 15) is 0 Å². The molecule has 0 bridgehead atoms. The summed E-state index contributed by atoms with van der Waals surface area (Å²) in [5.41, 5.74) is 4.15. The molecule has 1 fully saturated rings. The number of benzene rings is 2. The van der Waals surface area contributed by atoms with Gasteiger partial charge in [-0.3, -0.25) is 0 Å². The number of rotatable bonds is 4. The minimum absolute atomic E-state index is 0.330. The van der Waals surface area contributed by atoms with Gasteiger partial charge in [-0.1, -0.05) is 13.0 Å². The highest BCUT2D eigenvalue weighted by Crippen LogP contribution is 2.42. The molecule has 0 spiro atoms. The molecule has 1 aliphatic heterocycles. The second kappa shape index (κ2) is 7.87. The molecule has 7 nitrogen and oxygen atoms in total. The van der Waals surface area contributed by atoms with Gasteiger partial charge in [-0.2, -0.15) is 4.68 Å². The monoisotopic (exact) mass is 419 g/mol. The topological polar surface area (TPSA) is 74.1 Å². The van der Waals surface area contributed by atoms with Gasteiger partial charge in [0.1, 0.15) is 13.2 Å². The van der Waals surface area contributed by atoms with Crippen LogP contribution >= 0.6 is 0 Å². The highest BCUT2D eigenvalue weighted by atomic mass is 16.6. The van der Waals surface area contributed by atoms with Crippen LogP contribution in [0.3, 0.4) is 0 Å². The summed E-state index contributed by atoms with van der Waals surface area (Å²) in [7, 11) is 0. The number of nitrogens with one attached hydrogen (secondary N) is 1. The van der Waals surface area contributed by atoms with Gasteiger partial charge >= 0.3 is 0 Å². The van der Waals surface area contributed by atoms with Crippen molar-refractivity contribution in [3.8, 4) is 17.2 Å². The fourth-order valence-electron chi connectivity index (χ4n) is 4.81. The summed E-state index contributed by atoms with van der Waals surface area (Å²) in [5, 5.41) is 16.8. The molecule has 5 rings (SSSR count). The number of aromatic nitrogens is 4. The molecule has 7 heteroatoms. The molecule has 2 aromatic carbocycles. The Morgan fingerprint density at radius 2 is 1.68 bits per heavy atom. The van der Waals surface area contributed by atoms with Crippen LogP contribution in [0.2, 0.25) is 0 Å². The zero-order valence-electron chi connectivity index (χ0n) is 18.4. The number of fused-ring (bicyclic) bond motifs is 1. The number of nitrogens with zero attached hydrogens (tertiary/aromatic N) is 4. The highest BCUT2D eigenvalue weighted by Gasteiger charge is 2.41. The Labute approximate surface area is 182 Å². The van der Waals surface area contributed by atoms with E-state index in [1.54, 1.807) is 0 Å². The zero-order chi connectivity index (χ0) is 21.4. The van der Waals surface area contributed by atoms with Gasteiger partial charge in [-0.05, 0) is 91.3 Å². The van der Waals surface area contributed by atoms with Gasteiger partial charge < -0.3 is 14.8 Å². The van der Waals surface area contributed by atoms with Gasteiger partial charge in [0.15, 0.2) is 17.3 Å². The molecule has 2 heterocycles. The van der Waals surface area contributed by atoms with E-state index in [0.29, 0.717) is 19.1 Å². The molecule has 0 amide bonds. The number of hydrogen-bond donors (Lipinski definition) is 1. The van der Waals surface area contributed by atoms with E-state index < -0.39 is 0 Å². The van der Waals surface area contributed by atoms with E-state index in [0.717, 1.165) is 54.4 Å². The van der Waals surface area contributed by atoms with Crippen molar-refractivity contribution in [2.24, 2.45) is 5.92 Å². The lowest BCUT2D eigenvalue weighted by Crippen LogP contribution is -2.41. The van der Waals surface area contributed by atoms with Crippen molar-refractivity contribution in [3.63, 3.8) is 0 Å². The van der Waals surface area contributed by atoms with E-state index in [2.05, 4.69) is 59.8 Å². The van der Waals surface area contributed by atoms with E-state index in [-0.39, 0.29) is 5.54 Å². The smallest absolute Gasteiger partial charge is 0.181 e. The highest BCUT2D eigenvalue weighted by molar-refractivity contribution is 5.53. The minimum atomic E-state index is -0.330. The Morgan fingerprint density at radius 1 is 0.968 bits per heavy atom. The fraction of sp³-hybridized carbons (Fsp3) is 0.458. The minimum Gasteiger partial charge on any atom is -0.486 e. The molecule has 1 aromatic heterocycles. The second-order valence-electron chi connectivity index (χ2n) is 9.01. The normalized spacial score (nSPS) is 22.9. The summed E-state index contributed by atoms with van der Waals surface area (Å²) in [6, 6.07) is 12.5. The lowest BCUT2D eigenvalue weighted by Gasteiger charge is -2.40. The third-order valence-electron chi connectivity index (χ3n) is 6.40. The predicted octanol–water partition coefficient (Wildman–Crippen LogP) is 4.57. The van der Waals surface area contributed by atoms with Crippen LogP contribution in [0.1, 0.15) is 49.6 Å². The molecule has 0 radical (unpaired) electrons. The molecule has 1 N–H and O–H groups in total. The maximum absolute atomic E-state index is 5.79. The average molecular weight is 420 g/mol. The van der Waals surface area contributed by atoms with Crippen molar-refractivity contribution in [2.75, 3.05) is 18.5 Å². The van der Waals surface area contributed by atoms with Crippen LogP contribution in [0, 0.1) is 19.8 Å². The molecule has 162 valence electrons. The van der Waals surface area contributed by atoms with Crippen molar-refractivity contribution < 1.29 is 9.47 Å². The summed E-state index contributed by atoms with van der Waals surface area (Å²) in [4.78, 5) is 0. The van der Waals surface area contributed by atoms with Crippen molar-refractivity contribution in [2.45, 2.75) is 52.0 Å². The van der Waals surface area contributed by atoms with Gasteiger partial charge in [-0.15, -0.1) is 5.10 Å². The summed E-state index contributed by atoms with van der Waals surface area (Å²) < 4.78 is 13.3. The standard InChI is InChI=1S/C24H29N5O2/c1-16-6-8-24(9-7-16,25-19-13-17(2)12-18(3)14-19)23-26-27-28-29(23)20-4-5-21-22(15-20)31-11-10-30-21/h4-5,12-16,25H,6-11H2,1-3H3. The maximum Gasteiger partial charge on any atom is 0.181 e. The lowest BCUT2D eigenvalue weighted by molar-refractivity contribution is 0.171. The predicted molar refractivity (Wildman–Crippen MR) is 119 cm³/mol. The van der Waals surface area contributed by atoms with Gasteiger partial charge in [0.25, 0.3) is 0 Å². The first-order chi connectivity index (χ1) is 15.0. The van der Waals surface area contributed by atoms with Gasteiger partial charge in [0.05, 0.1) is 11.2 Å². The molecule has 1 saturated carbocycles. The van der Waals surface area contributed by atoms with E-state index in [1.807, 2.05) is 22.9 Å². The Bertz CT molecular complexity index is 1070. The summed E-state index contributed by atoms with van der Waals surface area (Å²) >= 11 is 0. The molecule has 0 unspecified atom stereocenters. The van der Waals surface area contributed by atoms with Crippen LogP contribution in [0.15, 0.2) is 36.4 Å². The fourth-order valence-corrected chi connectivity index (χ4v) is 4.81. The molecule has 0 atom stereocenters. The Balaban J connectivity index is 1.56. The molecular formula is C24H29N5O2. The van der Waals surface area contributed by atoms with Gasteiger partial charge in [0, 0.05) is 11.8 Å². The van der Waals surface area contributed by atoms with E-state index >= 15 is 0 Å². The van der Waals surface area contributed by atoms with Gasteiger partial charge in [0.2, 0.25) is 0 Å². The number of tetrazole rings is 1.